The van der Waals surface area contributed by atoms with E-state index in [9.17, 15) is 5.11 Å². The molecular formula is C15H29NO. The minimum atomic E-state index is -0.00146. The van der Waals surface area contributed by atoms with E-state index in [-0.39, 0.29) is 6.10 Å². The fraction of sp³-hybridized carbons (Fsp3) is 1.00. The molecule has 0 aromatic rings. The second-order valence-electron chi connectivity index (χ2n) is 7.31. The SMILES string of the molecule is CC(C)(C)C1CCC(NCC2CC(O)C2)CC1. The highest BCUT2D eigenvalue weighted by molar-refractivity contribution is 4.86. The van der Waals surface area contributed by atoms with E-state index in [1.54, 1.807) is 0 Å². The predicted octanol–water partition coefficient (Wildman–Crippen LogP) is 2.95. The van der Waals surface area contributed by atoms with E-state index in [2.05, 4.69) is 26.1 Å². The quantitative estimate of drug-likeness (QED) is 0.793. The molecule has 2 aliphatic carbocycles. The first-order valence-electron chi connectivity index (χ1n) is 7.36. The lowest BCUT2D eigenvalue weighted by molar-refractivity contribution is 0.0402. The minimum absolute atomic E-state index is 0.00146. The molecule has 2 N–H and O–H groups in total. The van der Waals surface area contributed by atoms with Gasteiger partial charge in [-0.25, -0.2) is 0 Å². The van der Waals surface area contributed by atoms with Crippen molar-refractivity contribution >= 4 is 0 Å². The van der Waals surface area contributed by atoms with E-state index in [1.807, 2.05) is 0 Å². The van der Waals surface area contributed by atoms with Gasteiger partial charge in [-0.1, -0.05) is 20.8 Å². The van der Waals surface area contributed by atoms with Gasteiger partial charge in [0.1, 0.15) is 0 Å². The molecule has 2 aliphatic rings. The maximum atomic E-state index is 9.25. The monoisotopic (exact) mass is 239 g/mol. The Kier molecular flexibility index (Phi) is 4.14. The standard InChI is InChI=1S/C15H29NO/c1-15(2,3)12-4-6-13(7-5-12)16-10-11-8-14(17)9-11/h11-14,16-17H,4-10H2,1-3H3. The van der Waals surface area contributed by atoms with Crippen molar-refractivity contribution in [1.82, 2.24) is 5.32 Å². The van der Waals surface area contributed by atoms with Gasteiger partial charge in [0.15, 0.2) is 0 Å². The summed E-state index contributed by atoms with van der Waals surface area (Å²) in [5.41, 5.74) is 0.489. The van der Waals surface area contributed by atoms with Crippen LogP contribution < -0.4 is 5.32 Å². The molecule has 100 valence electrons. The van der Waals surface area contributed by atoms with Crippen LogP contribution in [0.3, 0.4) is 0 Å². The molecule has 0 aromatic heterocycles. The Morgan fingerprint density at radius 1 is 1.06 bits per heavy atom. The highest BCUT2D eigenvalue weighted by Gasteiger charge is 2.31. The first-order valence-corrected chi connectivity index (χ1v) is 7.36. The molecule has 2 fully saturated rings. The van der Waals surface area contributed by atoms with Crippen LogP contribution in [0.25, 0.3) is 0 Å². The van der Waals surface area contributed by atoms with Crippen LogP contribution in [0.1, 0.15) is 59.3 Å². The van der Waals surface area contributed by atoms with E-state index in [0.29, 0.717) is 5.41 Å². The van der Waals surface area contributed by atoms with Gasteiger partial charge in [-0.2, -0.15) is 0 Å². The van der Waals surface area contributed by atoms with Gasteiger partial charge in [0, 0.05) is 6.04 Å². The van der Waals surface area contributed by atoms with Crippen LogP contribution in [0.15, 0.2) is 0 Å². The van der Waals surface area contributed by atoms with E-state index in [4.69, 9.17) is 0 Å². The van der Waals surface area contributed by atoms with Crippen molar-refractivity contribution in [2.75, 3.05) is 6.54 Å². The molecule has 0 amide bonds. The first kappa shape index (κ1) is 13.4. The summed E-state index contributed by atoms with van der Waals surface area (Å²) in [6, 6.07) is 0.742. The van der Waals surface area contributed by atoms with Gasteiger partial charge in [-0.3, -0.25) is 0 Å². The molecule has 2 saturated carbocycles. The van der Waals surface area contributed by atoms with Crippen molar-refractivity contribution in [3.05, 3.63) is 0 Å². The number of aliphatic hydroxyl groups excluding tert-OH is 1. The summed E-state index contributed by atoms with van der Waals surface area (Å²) < 4.78 is 0. The molecule has 0 aliphatic heterocycles. The molecule has 0 atom stereocenters. The molecular weight excluding hydrogens is 210 g/mol. The summed E-state index contributed by atoms with van der Waals surface area (Å²) in [7, 11) is 0. The van der Waals surface area contributed by atoms with Crippen LogP contribution in [-0.4, -0.2) is 23.8 Å². The van der Waals surface area contributed by atoms with Crippen LogP contribution in [0.2, 0.25) is 0 Å². The largest absolute Gasteiger partial charge is 0.393 e. The van der Waals surface area contributed by atoms with Gasteiger partial charge in [-0.05, 0) is 62.3 Å². The molecule has 2 rings (SSSR count). The fourth-order valence-electron chi connectivity index (χ4n) is 3.36. The maximum absolute atomic E-state index is 9.25. The molecule has 0 bridgehead atoms. The fourth-order valence-corrected chi connectivity index (χ4v) is 3.36. The van der Waals surface area contributed by atoms with Crippen molar-refractivity contribution in [3.63, 3.8) is 0 Å². The van der Waals surface area contributed by atoms with E-state index < -0.39 is 0 Å². The average molecular weight is 239 g/mol. The summed E-state index contributed by atoms with van der Waals surface area (Å²) in [6.45, 7) is 8.26. The lowest BCUT2D eigenvalue weighted by Crippen LogP contribution is -2.42. The van der Waals surface area contributed by atoms with Crippen LogP contribution >= 0.6 is 0 Å². The highest BCUT2D eigenvalue weighted by Crippen LogP contribution is 2.38. The number of hydrogen-bond acceptors (Lipinski definition) is 2. The average Bonchev–Trinajstić information content (AvgIpc) is 2.22. The Morgan fingerprint density at radius 2 is 1.65 bits per heavy atom. The van der Waals surface area contributed by atoms with E-state index >= 15 is 0 Å². The van der Waals surface area contributed by atoms with E-state index in [1.165, 1.54) is 25.7 Å². The van der Waals surface area contributed by atoms with Gasteiger partial charge in [0.05, 0.1) is 6.10 Å². The third kappa shape index (κ3) is 3.69. The summed E-state index contributed by atoms with van der Waals surface area (Å²) in [6.07, 6.45) is 7.49. The molecule has 0 radical (unpaired) electrons. The number of aliphatic hydroxyl groups is 1. The topological polar surface area (TPSA) is 32.3 Å². The van der Waals surface area contributed by atoms with Crippen molar-refractivity contribution in [2.45, 2.75) is 71.4 Å². The Bertz CT molecular complexity index is 232. The van der Waals surface area contributed by atoms with Crippen molar-refractivity contribution < 1.29 is 5.11 Å². The zero-order chi connectivity index (χ0) is 12.5. The van der Waals surface area contributed by atoms with Crippen molar-refractivity contribution in [1.29, 1.82) is 0 Å². The van der Waals surface area contributed by atoms with Crippen LogP contribution in [-0.2, 0) is 0 Å². The number of rotatable bonds is 3. The van der Waals surface area contributed by atoms with Crippen LogP contribution in [0.4, 0.5) is 0 Å². The predicted molar refractivity (Wildman–Crippen MR) is 71.9 cm³/mol. The highest BCUT2D eigenvalue weighted by atomic mass is 16.3. The van der Waals surface area contributed by atoms with Gasteiger partial charge in [0.2, 0.25) is 0 Å². The summed E-state index contributed by atoms with van der Waals surface area (Å²) >= 11 is 0. The van der Waals surface area contributed by atoms with Crippen molar-refractivity contribution in [3.8, 4) is 0 Å². The molecule has 2 nitrogen and oxygen atoms in total. The zero-order valence-corrected chi connectivity index (χ0v) is 11.7. The molecule has 0 aromatic carbocycles. The molecule has 17 heavy (non-hydrogen) atoms. The summed E-state index contributed by atoms with van der Waals surface area (Å²) in [5.74, 6) is 1.65. The lowest BCUT2D eigenvalue weighted by Gasteiger charge is -2.38. The Hall–Kier alpha value is -0.0800. The van der Waals surface area contributed by atoms with Crippen LogP contribution in [0, 0.1) is 17.3 Å². The van der Waals surface area contributed by atoms with Crippen molar-refractivity contribution in [2.24, 2.45) is 17.3 Å². The van der Waals surface area contributed by atoms with E-state index in [0.717, 1.165) is 37.3 Å². The number of hydrogen-bond donors (Lipinski definition) is 2. The molecule has 2 heteroatoms. The summed E-state index contributed by atoms with van der Waals surface area (Å²) in [5, 5.41) is 13.0. The lowest BCUT2D eigenvalue weighted by atomic mass is 9.71. The first-order chi connectivity index (χ1) is 7.95. The third-order valence-electron chi connectivity index (χ3n) is 4.86. The third-order valence-corrected chi connectivity index (χ3v) is 4.86. The second kappa shape index (κ2) is 5.27. The molecule has 0 unspecified atom stereocenters. The maximum Gasteiger partial charge on any atom is 0.0546 e. The van der Waals surface area contributed by atoms with Crippen LogP contribution in [0.5, 0.6) is 0 Å². The van der Waals surface area contributed by atoms with Gasteiger partial charge in [-0.15, -0.1) is 0 Å². The Balaban J connectivity index is 1.62. The zero-order valence-electron chi connectivity index (χ0n) is 11.7. The van der Waals surface area contributed by atoms with Gasteiger partial charge >= 0.3 is 0 Å². The normalized spacial score (nSPS) is 38.8. The smallest absolute Gasteiger partial charge is 0.0546 e. The Labute approximate surface area is 106 Å². The molecule has 0 saturated heterocycles. The number of nitrogens with one attached hydrogen (secondary N) is 1. The molecule has 0 heterocycles. The van der Waals surface area contributed by atoms with Gasteiger partial charge < -0.3 is 10.4 Å². The summed E-state index contributed by atoms with van der Waals surface area (Å²) in [4.78, 5) is 0. The minimum Gasteiger partial charge on any atom is -0.393 e. The Morgan fingerprint density at radius 3 is 2.12 bits per heavy atom. The molecule has 0 spiro atoms. The van der Waals surface area contributed by atoms with Gasteiger partial charge in [0.25, 0.3) is 0 Å². The second-order valence-corrected chi connectivity index (χ2v) is 7.31.